The van der Waals surface area contributed by atoms with E-state index in [0.29, 0.717) is 29.9 Å². The maximum Gasteiger partial charge on any atom is 0.144 e. The fourth-order valence-electron chi connectivity index (χ4n) is 8.22. The number of hydrogen-bond donors (Lipinski definition) is 1. The molecule has 168 valence electrons. The van der Waals surface area contributed by atoms with E-state index in [0.717, 1.165) is 42.9 Å². The highest BCUT2D eigenvalue weighted by Crippen LogP contribution is 2.64. The molecule has 5 rings (SSSR count). The summed E-state index contributed by atoms with van der Waals surface area (Å²) in [5.74, 6) is 5.51. The summed E-state index contributed by atoms with van der Waals surface area (Å²) in [4.78, 5) is 17.3. The van der Waals surface area contributed by atoms with Crippen LogP contribution in [0.1, 0.15) is 84.4 Å². The second kappa shape index (κ2) is 9.08. The first kappa shape index (κ1) is 22.0. The zero-order valence-electron chi connectivity index (χ0n) is 19.1. The number of fused-ring (bicyclic) bond motifs is 5. The maximum absolute atomic E-state index is 13.2. The van der Waals surface area contributed by atoms with Gasteiger partial charge in [-0.15, -0.1) is 0 Å². The number of halogens is 1. The topological polar surface area (TPSA) is 58.6 Å². The van der Waals surface area contributed by atoms with Crippen molar-refractivity contribution >= 4 is 5.78 Å². The average molecular weight is 418 g/mol. The van der Waals surface area contributed by atoms with Crippen LogP contribution in [0.3, 0.4) is 0 Å². The van der Waals surface area contributed by atoms with Crippen LogP contribution in [0.2, 0.25) is 0 Å². The number of Topliss-reactive ketones (excluding diaryl/α,β-unsaturated/α-hetero) is 1. The SMILES string of the molecule is CC.CC12CCC3C4CCC(CF)CC4CCC3C1CCC2C(=O)Cc1ncn[nH]1. The van der Waals surface area contributed by atoms with Crippen molar-refractivity contribution in [1.82, 2.24) is 15.2 Å². The number of alkyl halides is 1. The summed E-state index contributed by atoms with van der Waals surface area (Å²) >= 11 is 0. The molecule has 4 aliphatic rings. The lowest BCUT2D eigenvalue weighted by Crippen LogP contribution is -2.49. The molecule has 8 unspecified atom stereocenters. The monoisotopic (exact) mass is 417 g/mol. The van der Waals surface area contributed by atoms with Crippen molar-refractivity contribution in [3.05, 3.63) is 12.2 Å². The van der Waals surface area contributed by atoms with Crippen LogP contribution in [0, 0.1) is 46.8 Å². The van der Waals surface area contributed by atoms with Crippen LogP contribution < -0.4 is 0 Å². The van der Waals surface area contributed by atoms with Crippen LogP contribution in [-0.2, 0) is 11.2 Å². The number of nitrogens with one attached hydrogen (secondary N) is 1. The first-order valence-electron chi connectivity index (χ1n) is 12.5. The predicted molar refractivity (Wildman–Crippen MR) is 117 cm³/mol. The molecule has 30 heavy (non-hydrogen) atoms. The van der Waals surface area contributed by atoms with Gasteiger partial charge in [-0.25, -0.2) is 4.98 Å². The molecular weight excluding hydrogens is 377 g/mol. The Balaban J connectivity index is 0.00000106. The van der Waals surface area contributed by atoms with Crippen molar-refractivity contribution in [3.63, 3.8) is 0 Å². The summed E-state index contributed by atoms with van der Waals surface area (Å²) in [6, 6.07) is 0. The van der Waals surface area contributed by atoms with Crippen molar-refractivity contribution in [2.24, 2.45) is 46.8 Å². The standard InChI is InChI=1S/C23H34FN3O.C2H6/c1-23-9-8-17-16-4-2-14(12-24)10-15(16)3-5-18(17)19(23)6-7-20(23)21(28)11-22-25-13-26-27-22;1-2/h13-20H,2-12H2,1H3,(H,25,26,27);1-2H3. The lowest BCUT2D eigenvalue weighted by atomic mass is 9.49. The van der Waals surface area contributed by atoms with E-state index in [4.69, 9.17) is 0 Å². The van der Waals surface area contributed by atoms with Crippen LogP contribution in [0.4, 0.5) is 4.39 Å². The highest BCUT2D eigenvalue weighted by atomic mass is 19.1. The lowest BCUT2D eigenvalue weighted by molar-refractivity contribution is -0.130. The minimum atomic E-state index is -0.118. The quantitative estimate of drug-likeness (QED) is 0.674. The maximum atomic E-state index is 13.2. The first-order chi connectivity index (χ1) is 14.6. The van der Waals surface area contributed by atoms with Crippen molar-refractivity contribution in [3.8, 4) is 0 Å². The first-order valence-corrected chi connectivity index (χ1v) is 12.5. The van der Waals surface area contributed by atoms with Crippen molar-refractivity contribution in [2.45, 2.75) is 85.0 Å². The molecule has 1 aromatic heterocycles. The molecule has 0 amide bonds. The van der Waals surface area contributed by atoms with Gasteiger partial charge in [0.1, 0.15) is 17.9 Å². The molecule has 1 aromatic rings. The summed E-state index contributed by atoms with van der Waals surface area (Å²) in [7, 11) is 0. The average Bonchev–Trinajstić information content (AvgIpc) is 3.41. The Hall–Kier alpha value is -1.26. The van der Waals surface area contributed by atoms with E-state index in [9.17, 15) is 9.18 Å². The number of aromatic nitrogens is 3. The van der Waals surface area contributed by atoms with Crippen LogP contribution in [0.5, 0.6) is 0 Å². The van der Waals surface area contributed by atoms with E-state index >= 15 is 0 Å². The Labute approximate surface area is 181 Å². The molecule has 4 saturated carbocycles. The summed E-state index contributed by atoms with van der Waals surface area (Å²) in [5.41, 5.74) is 0.168. The summed E-state index contributed by atoms with van der Waals surface area (Å²) in [6.07, 6.45) is 12.7. The van der Waals surface area contributed by atoms with E-state index < -0.39 is 0 Å². The molecular formula is C25H40FN3O. The third-order valence-corrected chi connectivity index (χ3v) is 9.48. The van der Waals surface area contributed by atoms with Gasteiger partial charge in [-0.2, -0.15) is 5.10 Å². The Bertz CT molecular complexity index is 707. The molecule has 4 nitrogen and oxygen atoms in total. The summed E-state index contributed by atoms with van der Waals surface area (Å²) in [6.45, 7) is 6.29. The van der Waals surface area contributed by atoms with Gasteiger partial charge >= 0.3 is 0 Å². The van der Waals surface area contributed by atoms with Gasteiger partial charge in [-0.1, -0.05) is 20.8 Å². The molecule has 1 N–H and O–H groups in total. The van der Waals surface area contributed by atoms with Crippen LogP contribution >= 0.6 is 0 Å². The van der Waals surface area contributed by atoms with Gasteiger partial charge in [-0.05, 0) is 98.7 Å². The predicted octanol–water partition coefficient (Wildman–Crippen LogP) is 5.80. The zero-order chi connectivity index (χ0) is 21.3. The third-order valence-electron chi connectivity index (χ3n) is 9.48. The van der Waals surface area contributed by atoms with Gasteiger partial charge in [0.2, 0.25) is 0 Å². The Morgan fingerprint density at radius 3 is 2.63 bits per heavy atom. The minimum Gasteiger partial charge on any atom is -0.299 e. The highest BCUT2D eigenvalue weighted by molar-refractivity contribution is 5.83. The van der Waals surface area contributed by atoms with Gasteiger partial charge in [0.15, 0.2) is 0 Å². The molecule has 0 bridgehead atoms. The summed E-state index contributed by atoms with van der Waals surface area (Å²) < 4.78 is 13.2. The van der Waals surface area contributed by atoms with E-state index in [-0.39, 0.29) is 18.0 Å². The van der Waals surface area contributed by atoms with Gasteiger partial charge in [0.05, 0.1) is 13.1 Å². The Morgan fingerprint density at radius 2 is 1.90 bits per heavy atom. The van der Waals surface area contributed by atoms with E-state index in [2.05, 4.69) is 22.1 Å². The Kier molecular flexibility index (Phi) is 6.64. The summed E-state index contributed by atoms with van der Waals surface area (Å²) in [5, 5.41) is 6.74. The van der Waals surface area contributed by atoms with Crippen molar-refractivity contribution in [1.29, 1.82) is 0 Å². The molecule has 0 aliphatic heterocycles. The fraction of sp³-hybridized carbons (Fsp3) is 0.880. The van der Waals surface area contributed by atoms with Crippen LogP contribution in [0.15, 0.2) is 6.33 Å². The number of aromatic amines is 1. The van der Waals surface area contributed by atoms with Gasteiger partial charge < -0.3 is 0 Å². The second-order valence-corrected chi connectivity index (χ2v) is 10.5. The molecule has 4 aliphatic carbocycles. The molecule has 8 atom stereocenters. The number of H-pyrrole nitrogens is 1. The molecule has 0 saturated heterocycles. The Morgan fingerprint density at radius 1 is 1.10 bits per heavy atom. The third kappa shape index (κ3) is 3.75. The number of rotatable bonds is 4. The van der Waals surface area contributed by atoms with Crippen LogP contribution in [-0.4, -0.2) is 27.6 Å². The normalized spacial score (nSPS) is 42.3. The van der Waals surface area contributed by atoms with Crippen molar-refractivity contribution < 1.29 is 9.18 Å². The number of hydrogen-bond acceptors (Lipinski definition) is 3. The molecule has 5 heteroatoms. The smallest absolute Gasteiger partial charge is 0.144 e. The van der Waals surface area contributed by atoms with Gasteiger partial charge in [0.25, 0.3) is 0 Å². The van der Waals surface area contributed by atoms with E-state index in [1.807, 2.05) is 13.8 Å². The molecule has 0 spiro atoms. The minimum absolute atomic E-state index is 0.118. The molecule has 0 radical (unpaired) electrons. The number of nitrogens with zero attached hydrogens (tertiary/aromatic N) is 2. The van der Waals surface area contributed by atoms with Gasteiger partial charge in [-0.3, -0.25) is 14.3 Å². The highest BCUT2D eigenvalue weighted by Gasteiger charge is 2.58. The number of ketones is 1. The van der Waals surface area contributed by atoms with Crippen molar-refractivity contribution in [2.75, 3.05) is 6.67 Å². The molecule has 1 heterocycles. The lowest BCUT2D eigenvalue weighted by Gasteiger charge is -2.56. The molecule has 4 fully saturated rings. The van der Waals surface area contributed by atoms with E-state index in [1.165, 1.54) is 44.9 Å². The van der Waals surface area contributed by atoms with Crippen LogP contribution in [0.25, 0.3) is 0 Å². The second-order valence-electron chi connectivity index (χ2n) is 10.5. The molecule has 0 aromatic carbocycles. The fourth-order valence-corrected chi connectivity index (χ4v) is 8.22. The number of carbonyl (C=O) groups is 1. The number of carbonyl (C=O) groups excluding carboxylic acids is 1. The van der Waals surface area contributed by atoms with Gasteiger partial charge in [0, 0.05) is 5.92 Å². The largest absolute Gasteiger partial charge is 0.299 e. The van der Waals surface area contributed by atoms with E-state index in [1.54, 1.807) is 0 Å². The zero-order valence-corrected chi connectivity index (χ0v) is 19.1.